The lowest BCUT2D eigenvalue weighted by atomic mass is 9.90. The van der Waals surface area contributed by atoms with Gasteiger partial charge in [-0.25, -0.2) is 0 Å². The number of halogens is 1. The summed E-state index contributed by atoms with van der Waals surface area (Å²) in [5, 5.41) is 0. The standard InChI is InChI=1S/C13H18N2O.ClH/c1-13(9-14)7-8-15(10-13)12(16)11-5-3-2-4-6-11;/h2-6H,7-10,14H2,1H3;1H. The third kappa shape index (κ3) is 2.99. The van der Waals surface area contributed by atoms with Crippen molar-refractivity contribution in [2.75, 3.05) is 19.6 Å². The molecule has 17 heavy (non-hydrogen) atoms. The van der Waals surface area contributed by atoms with Gasteiger partial charge in [-0.2, -0.15) is 0 Å². The first-order valence-electron chi connectivity index (χ1n) is 5.69. The van der Waals surface area contributed by atoms with Crippen LogP contribution >= 0.6 is 12.4 Å². The Hall–Kier alpha value is -1.06. The number of hydrogen-bond acceptors (Lipinski definition) is 2. The fourth-order valence-electron chi connectivity index (χ4n) is 2.13. The van der Waals surface area contributed by atoms with Crippen molar-refractivity contribution in [2.45, 2.75) is 13.3 Å². The maximum Gasteiger partial charge on any atom is 0.253 e. The van der Waals surface area contributed by atoms with Crippen LogP contribution in [0.25, 0.3) is 0 Å². The summed E-state index contributed by atoms with van der Waals surface area (Å²) in [4.78, 5) is 14.0. The molecular weight excluding hydrogens is 236 g/mol. The lowest BCUT2D eigenvalue weighted by molar-refractivity contribution is 0.0777. The highest BCUT2D eigenvalue weighted by Gasteiger charge is 2.34. The average molecular weight is 255 g/mol. The Bertz CT molecular complexity index is 382. The van der Waals surface area contributed by atoms with E-state index >= 15 is 0 Å². The van der Waals surface area contributed by atoms with E-state index in [9.17, 15) is 4.79 Å². The molecule has 0 saturated carbocycles. The number of amides is 1. The molecule has 1 aromatic rings. The van der Waals surface area contributed by atoms with E-state index in [0.29, 0.717) is 6.54 Å². The molecule has 1 saturated heterocycles. The molecule has 2 rings (SSSR count). The number of nitrogens with two attached hydrogens (primary N) is 1. The van der Waals surface area contributed by atoms with Crippen LogP contribution in [0, 0.1) is 5.41 Å². The maximum absolute atomic E-state index is 12.1. The molecule has 0 aromatic heterocycles. The summed E-state index contributed by atoms with van der Waals surface area (Å²) < 4.78 is 0. The largest absolute Gasteiger partial charge is 0.338 e. The molecule has 0 aliphatic carbocycles. The van der Waals surface area contributed by atoms with E-state index in [4.69, 9.17) is 5.73 Å². The minimum Gasteiger partial charge on any atom is -0.338 e. The highest BCUT2D eigenvalue weighted by Crippen LogP contribution is 2.29. The lowest BCUT2D eigenvalue weighted by Gasteiger charge is -2.22. The molecule has 1 aliphatic rings. The quantitative estimate of drug-likeness (QED) is 0.877. The molecule has 1 fully saturated rings. The number of likely N-dealkylation sites (tertiary alicyclic amines) is 1. The predicted molar refractivity (Wildman–Crippen MR) is 71.4 cm³/mol. The van der Waals surface area contributed by atoms with Crippen molar-refractivity contribution < 1.29 is 4.79 Å². The summed E-state index contributed by atoms with van der Waals surface area (Å²) in [6.07, 6.45) is 1.00. The molecule has 2 N–H and O–H groups in total. The van der Waals surface area contributed by atoms with Crippen molar-refractivity contribution in [2.24, 2.45) is 11.1 Å². The minimum absolute atomic E-state index is 0. The second-order valence-corrected chi connectivity index (χ2v) is 4.86. The van der Waals surface area contributed by atoms with Gasteiger partial charge >= 0.3 is 0 Å². The highest BCUT2D eigenvalue weighted by atomic mass is 35.5. The first-order valence-corrected chi connectivity index (χ1v) is 5.69. The van der Waals surface area contributed by atoms with Gasteiger partial charge in [0.15, 0.2) is 0 Å². The van der Waals surface area contributed by atoms with Crippen LogP contribution < -0.4 is 5.73 Å². The van der Waals surface area contributed by atoms with E-state index in [1.165, 1.54) is 0 Å². The molecule has 1 atom stereocenters. The molecule has 1 amide bonds. The van der Waals surface area contributed by atoms with Gasteiger partial charge in [0.25, 0.3) is 5.91 Å². The van der Waals surface area contributed by atoms with Crippen LogP contribution in [0.2, 0.25) is 0 Å². The predicted octanol–water partition coefficient (Wildman–Crippen LogP) is 1.92. The van der Waals surface area contributed by atoms with E-state index in [-0.39, 0.29) is 23.7 Å². The van der Waals surface area contributed by atoms with Gasteiger partial charge in [-0.1, -0.05) is 25.1 Å². The number of hydrogen-bond donors (Lipinski definition) is 1. The molecule has 1 aliphatic heterocycles. The molecule has 94 valence electrons. The van der Waals surface area contributed by atoms with Crippen LogP contribution in [-0.4, -0.2) is 30.4 Å². The van der Waals surface area contributed by atoms with E-state index in [1.54, 1.807) is 0 Å². The first kappa shape index (κ1) is 14.0. The van der Waals surface area contributed by atoms with E-state index in [0.717, 1.165) is 25.1 Å². The molecular formula is C13H19ClN2O. The minimum atomic E-state index is 0. The van der Waals surface area contributed by atoms with Crippen molar-refractivity contribution >= 4 is 18.3 Å². The molecule has 1 aromatic carbocycles. The third-order valence-corrected chi connectivity index (χ3v) is 3.36. The van der Waals surface area contributed by atoms with Gasteiger partial charge in [0.1, 0.15) is 0 Å². The van der Waals surface area contributed by atoms with Gasteiger partial charge in [-0.05, 0) is 30.5 Å². The lowest BCUT2D eigenvalue weighted by Crippen LogP contribution is -2.34. The topological polar surface area (TPSA) is 46.3 Å². The molecule has 0 bridgehead atoms. The summed E-state index contributed by atoms with van der Waals surface area (Å²) in [5.74, 6) is 0.123. The van der Waals surface area contributed by atoms with Gasteiger partial charge < -0.3 is 10.6 Å². The van der Waals surface area contributed by atoms with Gasteiger partial charge in [0.2, 0.25) is 0 Å². The third-order valence-electron chi connectivity index (χ3n) is 3.36. The van der Waals surface area contributed by atoms with Gasteiger partial charge in [-0.15, -0.1) is 12.4 Å². The van der Waals surface area contributed by atoms with Crippen molar-refractivity contribution in [1.82, 2.24) is 4.90 Å². The Kier molecular flexibility index (Phi) is 4.54. The normalized spacial score (nSPS) is 23.3. The van der Waals surface area contributed by atoms with Crippen LogP contribution in [-0.2, 0) is 0 Å². The van der Waals surface area contributed by atoms with Crippen molar-refractivity contribution in [3.63, 3.8) is 0 Å². The van der Waals surface area contributed by atoms with Crippen LogP contribution in [0.1, 0.15) is 23.7 Å². The molecule has 3 nitrogen and oxygen atoms in total. The number of carbonyl (C=O) groups excluding carboxylic acids is 1. The van der Waals surface area contributed by atoms with E-state index in [1.807, 2.05) is 35.2 Å². The summed E-state index contributed by atoms with van der Waals surface area (Å²) in [6, 6.07) is 9.43. The van der Waals surface area contributed by atoms with Gasteiger partial charge in [-0.3, -0.25) is 4.79 Å². The molecule has 1 unspecified atom stereocenters. The zero-order chi connectivity index (χ0) is 11.6. The number of carbonyl (C=O) groups is 1. The Morgan fingerprint density at radius 2 is 2.06 bits per heavy atom. The summed E-state index contributed by atoms with van der Waals surface area (Å²) >= 11 is 0. The van der Waals surface area contributed by atoms with E-state index < -0.39 is 0 Å². The molecule has 4 heteroatoms. The van der Waals surface area contributed by atoms with Crippen molar-refractivity contribution in [3.8, 4) is 0 Å². The maximum atomic E-state index is 12.1. The number of rotatable bonds is 2. The second kappa shape index (κ2) is 5.52. The van der Waals surface area contributed by atoms with Gasteiger partial charge in [0, 0.05) is 18.7 Å². The van der Waals surface area contributed by atoms with Crippen molar-refractivity contribution in [3.05, 3.63) is 35.9 Å². The molecule has 0 spiro atoms. The van der Waals surface area contributed by atoms with Gasteiger partial charge in [0.05, 0.1) is 0 Å². The fraction of sp³-hybridized carbons (Fsp3) is 0.462. The second-order valence-electron chi connectivity index (χ2n) is 4.86. The summed E-state index contributed by atoms with van der Waals surface area (Å²) in [7, 11) is 0. The number of nitrogens with zero attached hydrogens (tertiary/aromatic N) is 1. The smallest absolute Gasteiger partial charge is 0.253 e. The highest BCUT2D eigenvalue weighted by molar-refractivity contribution is 5.94. The Morgan fingerprint density at radius 1 is 1.41 bits per heavy atom. The molecule has 1 heterocycles. The molecule has 0 radical (unpaired) electrons. The average Bonchev–Trinajstić information content (AvgIpc) is 2.73. The Labute approximate surface area is 108 Å². The summed E-state index contributed by atoms with van der Waals surface area (Å²) in [5.41, 5.74) is 6.60. The summed E-state index contributed by atoms with van der Waals surface area (Å²) in [6.45, 7) is 4.38. The van der Waals surface area contributed by atoms with Crippen LogP contribution in [0.15, 0.2) is 30.3 Å². The van der Waals surface area contributed by atoms with Crippen LogP contribution in [0.3, 0.4) is 0 Å². The Morgan fingerprint density at radius 3 is 2.59 bits per heavy atom. The zero-order valence-electron chi connectivity index (χ0n) is 10.1. The zero-order valence-corrected chi connectivity index (χ0v) is 10.9. The van der Waals surface area contributed by atoms with Crippen molar-refractivity contribution in [1.29, 1.82) is 0 Å². The first-order chi connectivity index (χ1) is 7.64. The van der Waals surface area contributed by atoms with E-state index in [2.05, 4.69) is 6.92 Å². The monoisotopic (exact) mass is 254 g/mol. The SMILES string of the molecule is CC1(CN)CCN(C(=O)c2ccccc2)C1.Cl. The Balaban J connectivity index is 0.00000144. The number of benzene rings is 1. The fourth-order valence-corrected chi connectivity index (χ4v) is 2.13. The van der Waals surface area contributed by atoms with Crippen LogP contribution in [0.4, 0.5) is 0 Å². The van der Waals surface area contributed by atoms with Crippen LogP contribution in [0.5, 0.6) is 0 Å².